The summed E-state index contributed by atoms with van der Waals surface area (Å²) in [6.07, 6.45) is 2.12. The molecule has 3 rings (SSSR count). The normalized spacial score (nSPS) is 18.9. The van der Waals surface area contributed by atoms with Crippen molar-refractivity contribution in [3.8, 4) is 5.75 Å². The Bertz CT molecular complexity index is 568. The molecule has 0 unspecified atom stereocenters. The molecule has 1 aromatic carbocycles. The number of thioether (sulfide) groups is 1. The molecule has 0 saturated carbocycles. The fraction of sp³-hybridized carbons (Fsp3) is 0.650. The number of rotatable bonds is 6. The van der Waals surface area contributed by atoms with Crippen LogP contribution in [0.4, 0.5) is 10.5 Å². The van der Waals surface area contributed by atoms with E-state index in [2.05, 4.69) is 27.2 Å². The van der Waals surface area contributed by atoms with Gasteiger partial charge in [0.2, 0.25) is 0 Å². The average Bonchev–Trinajstić information content (AvgIpc) is 3.01. The maximum absolute atomic E-state index is 12.2. The first kappa shape index (κ1) is 20.1. The van der Waals surface area contributed by atoms with Gasteiger partial charge in [-0.25, -0.2) is 4.79 Å². The van der Waals surface area contributed by atoms with Gasteiger partial charge in [-0.1, -0.05) is 0 Å². The number of benzene rings is 1. The Morgan fingerprint density at radius 1 is 1.07 bits per heavy atom. The van der Waals surface area contributed by atoms with Crippen molar-refractivity contribution >= 4 is 23.5 Å². The van der Waals surface area contributed by atoms with Crippen molar-refractivity contribution in [3.63, 3.8) is 0 Å². The molecule has 150 valence electrons. The molecular weight excluding hydrogens is 360 g/mol. The largest absolute Gasteiger partial charge is 0.497 e. The van der Waals surface area contributed by atoms with Crippen molar-refractivity contribution in [1.82, 2.24) is 15.1 Å². The second-order valence-electron chi connectivity index (χ2n) is 7.07. The molecule has 2 heterocycles. The number of carbonyl (C=O) groups excluding carboxylic acids is 1. The average molecular weight is 393 g/mol. The van der Waals surface area contributed by atoms with Crippen molar-refractivity contribution in [3.05, 3.63) is 24.3 Å². The van der Waals surface area contributed by atoms with E-state index >= 15 is 0 Å². The summed E-state index contributed by atoms with van der Waals surface area (Å²) in [5.41, 5.74) is 1.26. The second-order valence-corrected chi connectivity index (χ2v) is 8.29. The molecule has 0 atom stereocenters. The van der Waals surface area contributed by atoms with E-state index in [9.17, 15) is 4.79 Å². The highest BCUT2D eigenvalue weighted by atomic mass is 32.2. The first-order valence-corrected chi connectivity index (χ1v) is 11.1. The number of amides is 2. The van der Waals surface area contributed by atoms with Gasteiger partial charge in [0.1, 0.15) is 5.75 Å². The fourth-order valence-corrected chi connectivity index (χ4v) is 4.47. The molecule has 0 bridgehead atoms. The Labute approximate surface area is 167 Å². The van der Waals surface area contributed by atoms with E-state index in [1.807, 2.05) is 28.8 Å². The van der Waals surface area contributed by atoms with Gasteiger partial charge in [-0.15, -0.1) is 0 Å². The van der Waals surface area contributed by atoms with Crippen molar-refractivity contribution in [2.24, 2.45) is 0 Å². The highest BCUT2D eigenvalue weighted by Gasteiger charge is 2.18. The van der Waals surface area contributed by atoms with Crippen molar-refractivity contribution in [1.29, 1.82) is 0 Å². The molecule has 27 heavy (non-hydrogen) atoms. The third-order valence-corrected chi connectivity index (χ3v) is 6.30. The molecule has 0 spiro atoms. The van der Waals surface area contributed by atoms with Gasteiger partial charge in [0.25, 0.3) is 0 Å². The highest BCUT2D eigenvalue weighted by Crippen LogP contribution is 2.20. The van der Waals surface area contributed by atoms with Gasteiger partial charge >= 0.3 is 6.03 Å². The summed E-state index contributed by atoms with van der Waals surface area (Å²) in [4.78, 5) is 19.1. The molecule has 0 aliphatic carbocycles. The van der Waals surface area contributed by atoms with E-state index in [0.29, 0.717) is 0 Å². The van der Waals surface area contributed by atoms with Crippen molar-refractivity contribution in [2.75, 3.05) is 75.9 Å². The smallest absolute Gasteiger partial charge is 0.317 e. The van der Waals surface area contributed by atoms with Crippen LogP contribution in [0, 0.1) is 0 Å². The van der Waals surface area contributed by atoms with E-state index in [1.165, 1.54) is 11.4 Å². The predicted molar refractivity (Wildman–Crippen MR) is 113 cm³/mol. The zero-order valence-electron chi connectivity index (χ0n) is 16.4. The molecule has 2 saturated heterocycles. The second kappa shape index (κ2) is 10.7. The molecule has 1 aromatic rings. The standard InChI is InChI=1S/C20H32N4O2S/c1-26-19-6-4-18(5-7-19)23-13-11-22(12-14-23)9-2-8-21-20(25)24-10-3-16-27-17-15-24/h4-7H,2-3,8-17H2,1H3,(H,21,25). The lowest BCUT2D eigenvalue weighted by molar-refractivity contribution is 0.200. The third kappa shape index (κ3) is 6.21. The molecular formula is C20H32N4O2S. The van der Waals surface area contributed by atoms with Crippen LogP contribution in [0.1, 0.15) is 12.8 Å². The predicted octanol–water partition coefficient (Wildman–Crippen LogP) is 2.36. The number of anilines is 1. The topological polar surface area (TPSA) is 48.1 Å². The monoisotopic (exact) mass is 392 g/mol. The number of methoxy groups -OCH3 is 1. The van der Waals surface area contributed by atoms with Crippen LogP contribution in [-0.2, 0) is 0 Å². The molecule has 1 N–H and O–H groups in total. The summed E-state index contributed by atoms with van der Waals surface area (Å²) in [7, 11) is 1.70. The Balaban J connectivity index is 1.30. The number of nitrogens with one attached hydrogen (secondary N) is 1. The van der Waals surface area contributed by atoms with Crippen LogP contribution in [0.5, 0.6) is 5.75 Å². The molecule has 2 aliphatic heterocycles. The maximum atomic E-state index is 12.2. The summed E-state index contributed by atoms with van der Waals surface area (Å²) < 4.78 is 5.23. The number of ether oxygens (including phenoxy) is 1. The van der Waals surface area contributed by atoms with Crippen LogP contribution >= 0.6 is 11.8 Å². The number of hydrogen-bond acceptors (Lipinski definition) is 5. The number of carbonyl (C=O) groups is 1. The van der Waals surface area contributed by atoms with E-state index < -0.39 is 0 Å². The van der Waals surface area contributed by atoms with E-state index in [-0.39, 0.29) is 6.03 Å². The lowest BCUT2D eigenvalue weighted by atomic mass is 10.2. The van der Waals surface area contributed by atoms with Crippen LogP contribution in [-0.4, -0.2) is 86.8 Å². The Hall–Kier alpha value is -1.60. The third-order valence-electron chi connectivity index (χ3n) is 5.25. The minimum absolute atomic E-state index is 0.113. The maximum Gasteiger partial charge on any atom is 0.317 e. The first-order valence-electron chi connectivity index (χ1n) is 9.98. The summed E-state index contributed by atoms with van der Waals surface area (Å²) in [6.45, 7) is 7.82. The zero-order chi connectivity index (χ0) is 18.9. The minimum atomic E-state index is 0.113. The molecule has 7 heteroatoms. The quantitative estimate of drug-likeness (QED) is 0.753. The SMILES string of the molecule is COc1ccc(N2CCN(CCCNC(=O)N3CCCSCC3)CC2)cc1. The Morgan fingerprint density at radius 2 is 1.85 bits per heavy atom. The number of hydrogen-bond donors (Lipinski definition) is 1. The number of nitrogens with zero attached hydrogens (tertiary/aromatic N) is 3. The van der Waals surface area contributed by atoms with Crippen molar-refractivity contribution < 1.29 is 9.53 Å². The van der Waals surface area contributed by atoms with Crippen LogP contribution in [0.15, 0.2) is 24.3 Å². The fourth-order valence-electron chi connectivity index (χ4n) is 3.58. The molecule has 0 radical (unpaired) electrons. The van der Waals surface area contributed by atoms with Gasteiger partial charge in [-0.2, -0.15) is 11.8 Å². The van der Waals surface area contributed by atoms with Crippen LogP contribution in [0.3, 0.4) is 0 Å². The first-order chi connectivity index (χ1) is 13.3. The van der Waals surface area contributed by atoms with Gasteiger partial charge in [0, 0.05) is 57.3 Å². The minimum Gasteiger partial charge on any atom is -0.497 e. The van der Waals surface area contributed by atoms with Gasteiger partial charge in [-0.05, 0) is 49.4 Å². The van der Waals surface area contributed by atoms with E-state index in [0.717, 1.165) is 76.7 Å². The molecule has 2 fully saturated rings. The molecule has 2 amide bonds. The lowest BCUT2D eigenvalue weighted by Crippen LogP contribution is -2.47. The molecule has 2 aliphatic rings. The van der Waals surface area contributed by atoms with E-state index in [1.54, 1.807) is 7.11 Å². The van der Waals surface area contributed by atoms with Gasteiger partial charge in [-0.3, -0.25) is 4.90 Å². The van der Waals surface area contributed by atoms with Crippen molar-refractivity contribution in [2.45, 2.75) is 12.8 Å². The summed E-state index contributed by atoms with van der Waals surface area (Å²) in [5, 5.41) is 3.09. The van der Waals surface area contributed by atoms with Gasteiger partial charge in [0.15, 0.2) is 0 Å². The highest BCUT2D eigenvalue weighted by molar-refractivity contribution is 7.99. The summed E-state index contributed by atoms with van der Waals surface area (Å²) >= 11 is 1.95. The van der Waals surface area contributed by atoms with Crippen LogP contribution in [0.2, 0.25) is 0 Å². The number of urea groups is 1. The van der Waals surface area contributed by atoms with Gasteiger partial charge < -0.3 is 19.9 Å². The lowest BCUT2D eigenvalue weighted by Gasteiger charge is -2.36. The van der Waals surface area contributed by atoms with Crippen LogP contribution < -0.4 is 15.0 Å². The van der Waals surface area contributed by atoms with Crippen LogP contribution in [0.25, 0.3) is 0 Å². The summed E-state index contributed by atoms with van der Waals surface area (Å²) in [5.74, 6) is 3.14. The Morgan fingerprint density at radius 3 is 2.59 bits per heavy atom. The summed E-state index contributed by atoms with van der Waals surface area (Å²) in [6, 6.07) is 8.42. The molecule has 0 aromatic heterocycles. The van der Waals surface area contributed by atoms with Gasteiger partial charge in [0.05, 0.1) is 7.11 Å². The number of piperazine rings is 1. The van der Waals surface area contributed by atoms with E-state index in [4.69, 9.17) is 4.74 Å². The Kier molecular flexibility index (Phi) is 7.95. The zero-order valence-corrected chi connectivity index (χ0v) is 17.2. The molecule has 6 nitrogen and oxygen atoms in total.